The smallest absolute Gasteiger partial charge is 0.318 e. The maximum atomic E-state index is 6.16. The molecule has 1 aliphatic carbocycles. The molecule has 3 rings (SSSR count). The van der Waals surface area contributed by atoms with Crippen LogP contribution in [0.1, 0.15) is 30.0 Å². The van der Waals surface area contributed by atoms with Gasteiger partial charge in [0.25, 0.3) is 0 Å². The number of hydrogen-bond acceptors (Lipinski definition) is 5. The molecule has 110 valence electrons. The van der Waals surface area contributed by atoms with Gasteiger partial charge >= 0.3 is 6.01 Å². The highest BCUT2D eigenvalue weighted by molar-refractivity contribution is 6.32. The number of anilines is 2. The second-order valence-corrected chi connectivity index (χ2v) is 5.51. The van der Waals surface area contributed by atoms with Crippen molar-refractivity contribution in [1.82, 2.24) is 9.97 Å². The number of nitrogens with two attached hydrogens (primary N) is 1. The van der Waals surface area contributed by atoms with E-state index in [1.807, 2.05) is 12.1 Å². The van der Waals surface area contributed by atoms with Crippen LogP contribution in [0.3, 0.4) is 0 Å². The Labute approximate surface area is 128 Å². The number of fused-ring (bicyclic) bond motifs is 1. The van der Waals surface area contributed by atoms with Crippen molar-refractivity contribution in [2.24, 2.45) is 0 Å². The summed E-state index contributed by atoms with van der Waals surface area (Å²) in [6.45, 7) is 0. The lowest BCUT2D eigenvalue weighted by molar-refractivity contribution is 0.380. The molecule has 2 aromatic rings. The van der Waals surface area contributed by atoms with Gasteiger partial charge in [-0.05, 0) is 42.5 Å². The van der Waals surface area contributed by atoms with Gasteiger partial charge < -0.3 is 15.8 Å². The predicted octanol–water partition coefficient (Wildman–Crippen LogP) is 3.21. The van der Waals surface area contributed by atoms with E-state index in [2.05, 4.69) is 21.4 Å². The fourth-order valence-electron chi connectivity index (χ4n) is 2.70. The standard InChI is InChI=1S/C15H17ClN4O/c1-21-15-18-8-12(16)14(20-15)19-13-4-2-3-9-7-10(17)5-6-11(9)13/h5-8,13H,2-4,17H2,1H3,(H,18,19,20). The number of nitrogens with one attached hydrogen (secondary N) is 1. The molecule has 0 spiro atoms. The largest absolute Gasteiger partial charge is 0.467 e. The van der Waals surface area contributed by atoms with Gasteiger partial charge in [0, 0.05) is 5.69 Å². The molecule has 1 atom stereocenters. The number of nitrogen functional groups attached to an aromatic ring is 1. The third-order valence-corrected chi connectivity index (χ3v) is 3.97. The first kappa shape index (κ1) is 13.9. The van der Waals surface area contributed by atoms with E-state index in [0.29, 0.717) is 16.9 Å². The Balaban J connectivity index is 1.90. The Bertz CT molecular complexity index is 662. The molecule has 1 aromatic heterocycles. The summed E-state index contributed by atoms with van der Waals surface area (Å²) in [4.78, 5) is 8.26. The first-order valence-corrected chi connectivity index (χ1v) is 7.26. The average molecular weight is 305 g/mol. The summed E-state index contributed by atoms with van der Waals surface area (Å²) in [6.07, 6.45) is 4.73. The highest BCUT2D eigenvalue weighted by atomic mass is 35.5. The number of aryl methyl sites for hydroxylation is 1. The molecule has 0 saturated heterocycles. The second-order valence-electron chi connectivity index (χ2n) is 5.10. The van der Waals surface area contributed by atoms with Crippen molar-refractivity contribution in [1.29, 1.82) is 0 Å². The normalized spacial score (nSPS) is 17.1. The summed E-state index contributed by atoms with van der Waals surface area (Å²) in [6, 6.07) is 6.53. The molecule has 1 unspecified atom stereocenters. The van der Waals surface area contributed by atoms with E-state index < -0.39 is 0 Å². The van der Waals surface area contributed by atoms with Crippen LogP contribution >= 0.6 is 11.6 Å². The van der Waals surface area contributed by atoms with Crippen molar-refractivity contribution in [3.8, 4) is 6.01 Å². The second kappa shape index (κ2) is 5.77. The zero-order valence-electron chi connectivity index (χ0n) is 11.8. The van der Waals surface area contributed by atoms with Crippen LogP contribution in [0.5, 0.6) is 6.01 Å². The van der Waals surface area contributed by atoms with E-state index in [0.717, 1.165) is 24.9 Å². The number of methoxy groups -OCH3 is 1. The van der Waals surface area contributed by atoms with Crippen molar-refractivity contribution in [2.45, 2.75) is 25.3 Å². The molecule has 6 heteroatoms. The average Bonchev–Trinajstić information content (AvgIpc) is 2.49. The summed E-state index contributed by atoms with van der Waals surface area (Å²) in [5, 5.41) is 3.88. The van der Waals surface area contributed by atoms with E-state index in [1.54, 1.807) is 6.20 Å². The minimum Gasteiger partial charge on any atom is -0.467 e. The number of halogens is 1. The quantitative estimate of drug-likeness (QED) is 0.852. The predicted molar refractivity (Wildman–Crippen MR) is 83.8 cm³/mol. The van der Waals surface area contributed by atoms with Crippen LogP contribution in [-0.4, -0.2) is 17.1 Å². The molecule has 21 heavy (non-hydrogen) atoms. The molecular weight excluding hydrogens is 288 g/mol. The van der Waals surface area contributed by atoms with Crippen LogP contribution in [0, 0.1) is 0 Å². The van der Waals surface area contributed by atoms with Gasteiger partial charge in [0.05, 0.1) is 19.3 Å². The fraction of sp³-hybridized carbons (Fsp3) is 0.333. The molecule has 0 fully saturated rings. The molecule has 3 N–H and O–H groups in total. The van der Waals surface area contributed by atoms with Gasteiger partial charge in [0.15, 0.2) is 5.82 Å². The number of aromatic nitrogens is 2. The van der Waals surface area contributed by atoms with Crippen molar-refractivity contribution in [3.63, 3.8) is 0 Å². The van der Waals surface area contributed by atoms with Gasteiger partial charge in [0.2, 0.25) is 0 Å². The van der Waals surface area contributed by atoms with E-state index in [4.69, 9.17) is 22.1 Å². The number of rotatable bonds is 3. The monoisotopic (exact) mass is 304 g/mol. The zero-order chi connectivity index (χ0) is 14.8. The lowest BCUT2D eigenvalue weighted by atomic mass is 9.87. The molecule has 0 amide bonds. The van der Waals surface area contributed by atoms with Gasteiger partial charge in [0.1, 0.15) is 5.02 Å². The topological polar surface area (TPSA) is 73.1 Å². The molecule has 1 aliphatic rings. The minimum atomic E-state index is 0.173. The van der Waals surface area contributed by atoms with Crippen LogP contribution < -0.4 is 15.8 Å². The molecule has 0 saturated carbocycles. The number of ether oxygens (including phenoxy) is 1. The maximum Gasteiger partial charge on any atom is 0.318 e. The highest BCUT2D eigenvalue weighted by Crippen LogP contribution is 2.34. The summed E-state index contributed by atoms with van der Waals surface area (Å²) in [5.41, 5.74) is 9.21. The lowest BCUT2D eigenvalue weighted by Gasteiger charge is -2.27. The first-order chi connectivity index (χ1) is 10.2. The zero-order valence-corrected chi connectivity index (χ0v) is 12.5. The minimum absolute atomic E-state index is 0.173. The van der Waals surface area contributed by atoms with Crippen molar-refractivity contribution in [3.05, 3.63) is 40.5 Å². The molecule has 0 radical (unpaired) electrons. The van der Waals surface area contributed by atoms with Crippen LogP contribution in [-0.2, 0) is 6.42 Å². The summed E-state index contributed by atoms with van der Waals surface area (Å²) >= 11 is 6.16. The lowest BCUT2D eigenvalue weighted by Crippen LogP contribution is -2.18. The summed E-state index contributed by atoms with van der Waals surface area (Å²) in [7, 11) is 1.53. The molecule has 0 bridgehead atoms. The molecule has 0 aliphatic heterocycles. The Hall–Kier alpha value is -2.01. The summed E-state index contributed by atoms with van der Waals surface area (Å²) in [5.74, 6) is 0.596. The molecule has 1 heterocycles. The fourth-order valence-corrected chi connectivity index (χ4v) is 2.85. The van der Waals surface area contributed by atoms with Crippen LogP contribution in [0.2, 0.25) is 5.02 Å². The van der Waals surface area contributed by atoms with Gasteiger partial charge in [-0.2, -0.15) is 4.98 Å². The number of hydrogen-bond donors (Lipinski definition) is 2. The third-order valence-electron chi connectivity index (χ3n) is 3.70. The number of benzene rings is 1. The van der Waals surface area contributed by atoms with Crippen molar-refractivity contribution >= 4 is 23.1 Å². The third kappa shape index (κ3) is 2.88. The molecule has 5 nitrogen and oxygen atoms in total. The summed E-state index contributed by atoms with van der Waals surface area (Å²) < 4.78 is 5.05. The van der Waals surface area contributed by atoms with Gasteiger partial charge in [-0.15, -0.1) is 0 Å². The van der Waals surface area contributed by atoms with Gasteiger partial charge in [-0.25, -0.2) is 4.98 Å². The Kier molecular flexibility index (Phi) is 3.84. The Morgan fingerprint density at radius 1 is 1.43 bits per heavy atom. The Morgan fingerprint density at radius 3 is 3.10 bits per heavy atom. The van der Waals surface area contributed by atoms with Crippen LogP contribution in [0.25, 0.3) is 0 Å². The number of nitrogens with zero attached hydrogens (tertiary/aromatic N) is 2. The SMILES string of the molecule is COc1ncc(Cl)c(NC2CCCc3cc(N)ccc32)n1. The maximum absolute atomic E-state index is 6.16. The van der Waals surface area contributed by atoms with Crippen molar-refractivity contribution in [2.75, 3.05) is 18.2 Å². The molecule has 1 aromatic carbocycles. The van der Waals surface area contributed by atoms with Crippen molar-refractivity contribution < 1.29 is 4.74 Å². The van der Waals surface area contributed by atoms with E-state index in [1.165, 1.54) is 18.2 Å². The van der Waals surface area contributed by atoms with E-state index in [9.17, 15) is 0 Å². The van der Waals surface area contributed by atoms with Gasteiger partial charge in [-0.1, -0.05) is 17.7 Å². The Morgan fingerprint density at radius 2 is 2.29 bits per heavy atom. The van der Waals surface area contributed by atoms with Crippen LogP contribution in [0.4, 0.5) is 11.5 Å². The van der Waals surface area contributed by atoms with Crippen LogP contribution in [0.15, 0.2) is 24.4 Å². The highest BCUT2D eigenvalue weighted by Gasteiger charge is 2.21. The van der Waals surface area contributed by atoms with E-state index in [-0.39, 0.29) is 6.04 Å². The first-order valence-electron chi connectivity index (χ1n) is 6.88. The van der Waals surface area contributed by atoms with E-state index >= 15 is 0 Å². The van der Waals surface area contributed by atoms with Gasteiger partial charge in [-0.3, -0.25) is 0 Å². The molecular formula is C15H17ClN4O.